The summed E-state index contributed by atoms with van der Waals surface area (Å²) in [4.78, 5) is 0. The molecule has 0 atom stereocenters. The van der Waals surface area contributed by atoms with Crippen LogP contribution < -0.4 is 5.32 Å². The zero-order valence-corrected chi connectivity index (χ0v) is 10.6. The Kier molecular flexibility index (Phi) is 6.60. The number of rotatable bonds is 8. The summed E-state index contributed by atoms with van der Waals surface area (Å²) in [5, 5.41) is 3.44. The number of hydrogen-bond acceptors (Lipinski definition) is 2. The van der Waals surface area contributed by atoms with Crippen molar-refractivity contribution in [2.75, 3.05) is 18.1 Å². The molecule has 0 aromatic carbocycles. The third kappa shape index (κ3) is 4.76. The molecule has 0 bridgehead atoms. The molecule has 0 radical (unpaired) electrons. The third-order valence-corrected chi connectivity index (χ3v) is 3.22. The molecule has 0 amide bonds. The summed E-state index contributed by atoms with van der Waals surface area (Å²) in [5.74, 6) is 2.43. The Morgan fingerprint density at radius 3 is 3.00 bits per heavy atom. The van der Waals surface area contributed by atoms with Crippen LogP contribution in [0.15, 0.2) is 18.3 Å². The maximum Gasteiger partial charge on any atom is 0.0359 e. The first-order valence-electron chi connectivity index (χ1n) is 5.81. The van der Waals surface area contributed by atoms with Gasteiger partial charge in [-0.2, -0.15) is 11.8 Å². The van der Waals surface area contributed by atoms with Gasteiger partial charge in [-0.1, -0.05) is 13.8 Å². The molecule has 0 aliphatic rings. The zero-order valence-electron chi connectivity index (χ0n) is 9.83. The van der Waals surface area contributed by atoms with Crippen molar-refractivity contribution in [2.45, 2.75) is 33.4 Å². The van der Waals surface area contributed by atoms with Crippen LogP contribution >= 0.6 is 11.8 Å². The van der Waals surface area contributed by atoms with Crippen molar-refractivity contribution in [3.8, 4) is 0 Å². The SMILES string of the molecule is CCCNCc1cccn1CCSCC. The van der Waals surface area contributed by atoms with Crippen molar-refractivity contribution in [1.29, 1.82) is 0 Å². The highest BCUT2D eigenvalue weighted by Gasteiger charge is 1.99. The molecule has 0 fully saturated rings. The summed E-state index contributed by atoms with van der Waals surface area (Å²) < 4.78 is 2.35. The normalized spacial score (nSPS) is 10.8. The van der Waals surface area contributed by atoms with Crippen molar-refractivity contribution < 1.29 is 0 Å². The minimum Gasteiger partial charge on any atom is -0.349 e. The van der Waals surface area contributed by atoms with E-state index in [9.17, 15) is 0 Å². The van der Waals surface area contributed by atoms with Gasteiger partial charge in [-0.25, -0.2) is 0 Å². The smallest absolute Gasteiger partial charge is 0.0359 e. The first kappa shape index (κ1) is 12.7. The first-order chi connectivity index (χ1) is 7.38. The van der Waals surface area contributed by atoms with Crippen LogP contribution in [0.2, 0.25) is 0 Å². The van der Waals surface area contributed by atoms with Crippen LogP contribution in [0.3, 0.4) is 0 Å². The molecule has 1 aromatic rings. The van der Waals surface area contributed by atoms with Crippen molar-refractivity contribution in [1.82, 2.24) is 9.88 Å². The van der Waals surface area contributed by atoms with E-state index in [1.807, 2.05) is 11.8 Å². The zero-order chi connectivity index (χ0) is 10.9. The second-order valence-corrected chi connectivity index (χ2v) is 4.96. The van der Waals surface area contributed by atoms with E-state index in [1.54, 1.807) is 0 Å². The Morgan fingerprint density at radius 1 is 1.40 bits per heavy atom. The molecule has 2 nitrogen and oxygen atoms in total. The number of nitrogens with one attached hydrogen (secondary N) is 1. The second kappa shape index (κ2) is 7.83. The molecule has 86 valence electrons. The van der Waals surface area contributed by atoms with Gasteiger partial charge in [0.25, 0.3) is 0 Å². The molecule has 1 aromatic heterocycles. The highest BCUT2D eigenvalue weighted by molar-refractivity contribution is 7.99. The minimum atomic E-state index is 0.998. The van der Waals surface area contributed by atoms with Gasteiger partial charge in [0.2, 0.25) is 0 Å². The van der Waals surface area contributed by atoms with E-state index < -0.39 is 0 Å². The lowest BCUT2D eigenvalue weighted by Crippen LogP contribution is -2.17. The Balaban J connectivity index is 2.32. The molecule has 0 spiro atoms. The van der Waals surface area contributed by atoms with Gasteiger partial charge in [-0.05, 0) is 30.9 Å². The highest BCUT2D eigenvalue weighted by Crippen LogP contribution is 2.05. The fourth-order valence-corrected chi connectivity index (χ4v) is 2.14. The van der Waals surface area contributed by atoms with Crippen molar-refractivity contribution in [3.05, 3.63) is 24.0 Å². The van der Waals surface area contributed by atoms with Gasteiger partial charge in [0.1, 0.15) is 0 Å². The average Bonchev–Trinajstić information content (AvgIpc) is 2.67. The van der Waals surface area contributed by atoms with E-state index in [-0.39, 0.29) is 0 Å². The van der Waals surface area contributed by atoms with E-state index >= 15 is 0 Å². The van der Waals surface area contributed by atoms with Crippen molar-refractivity contribution in [2.24, 2.45) is 0 Å². The number of nitrogens with zero attached hydrogens (tertiary/aromatic N) is 1. The quantitative estimate of drug-likeness (QED) is 0.686. The Morgan fingerprint density at radius 2 is 2.27 bits per heavy atom. The topological polar surface area (TPSA) is 17.0 Å². The van der Waals surface area contributed by atoms with E-state index in [2.05, 4.69) is 42.1 Å². The predicted molar refractivity (Wildman–Crippen MR) is 69.4 cm³/mol. The monoisotopic (exact) mass is 226 g/mol. The molecule has 0 saturated carbocycles. The lowest BCUT2D eigenvalue weighted by atomic mass is 10.4. The van der Waals surface area contributed by atoms with Crippen LogP contribution in [0.1, 0.15) is 26.0 Å². The van der Waals surface area contributed by atoms with E-state index in [0.29, 0.717) is 0 Å². The van der Waals surface area contributed by atoms with E-state index in [1.165, 1.54) is 23.6 Å². The Bertz CT molecular complexity index is 233. The molecule has 3 heteroatoms. The van der Waals surface area contributed by atoms with Crippen LogP contribution in [-0.2, 0) is 13.1 Å². The summed E-state index contributed by atoms with van der Waals surface area (Å²) in [5.41, 5.74) is 1.40. The molecule has 0 aliphatic heterocycles. The van der Waals surface area contributed by atoms with Gasteiger partial charge >= 0.3 is 0 Å². The summed E-state index contributed by atoms with van der Waals surface area (Å²) in [6.45, 7) is 7.65. The maximum atomic E-state index is 3.44. The van der Waals surface area contributed by atoms with Gasteiger partial charge in [0.05, 0.1) is 0 Å². The number of thioether (sulfide) groups is 1. The van der Waals surface area contributed by atoms with Crippen molar-refractivity contribution >= 4 is 11.8 Å². The fraction of sp³-hybridized carbons (Fsp3) is 0.667. The maximum absolute atomic E-state index is 3.44. The molecule has 1 N–H and O–H groups in total. The summed E-state index contributed by atoms with van der Waals surface area (Å²) in [6, 6.07) is 4.35. The van der Waals surface area contributed by atoms with Gasteiger partial charge < -0.3 is 9.88 Å². The van der Waals surface area contributed by atoms with Gasteiger partial charge in [0.15, 0.2) is 0 Å². The highest BCUT2D eigenvalue weighted by atomic mass is 32.2. The molecule has 0 unspecified atom stereocenters. The lowest BCUT2D eigenvalue weighted by molar-refractivity contribution is 0.625. The van der Waals surface area contributed by atoms with E-state index in [4.69, 9.17) is 0 Å². The second-order valence-electron chi connectivity index (χ2n) is 3.57. The number of aromatic nitrogens is 1. The standard InChI is InChI=1S/C12H22N2S/c1-3-7-13-11-12-6-5-8-14(12)9-10-15-4-2/h5-6,8,13H,3-4,7,9-11H2,1-2H3. The van der Waals surface area contributed by atoms with Gasteiger partial charge in [-0.15, -0.1) is 0 Å². The van der Waals surface area contributed by atoms with Crippen molar-refractivity contribution in [3.63, 3.8) is 0 Å². The molecule has 0 aliphatic carbocycles. The van der Waals surface area contributed by atoms with Crippen LogP contribution in [-0.4, -0.2) is 22.6 Å². The minimum absolute atomic E-state index is 0.998. The number of aryl methyl sites for hydroxylation is 1. The third-order valence-electron chi connectivity index (χ3n) is 2.34. The van der Waals surface area contributed by atoms with Gasteiger partial charge in [0, 0.05) is 30.7 Å². The largest absolute Gasteiger partial charge is 0.349 e. The lowest BCUT2D eigenvalue weighted by Gasteiger charge is -2.09. The Labute approximate surface area is 97.4 Å². The van der Waals surface area contributed by atoms with Crippen LogP contribution in [0, 0.1) is 0 Å². The number of hydrogen-bond donors (Lipinski definition) is 1. The molecule has 1 heterocycles. The molecule has 1 rings (SSSR count). The van der Waals surface area contributed by atoms with Crippen LogP contribution in [0.25, 0.3) is 0 Å². The molecule has 0 saturated heterocycles. The first-order valence-corrected chi connectivity index (χ1v) is 6.96. The average molecular weight is 226 g/mol. The summed E-state index contributed by atoms with van der Waals surface area (Å²) >= 11 is 2.00. The molecule has 15 heavy (non-hydrogen) atoms. The van der Waals surface area contributed by atoms with Crippen LogP contribution in [0.4, 0.5) is 0 Å². The van der Waals surface area contributed by atoms with Gasteiger partial charge in [-0.3, -0.25) is 0 Å². The summed E-state index contributed by atoms with van der Waals surface area (Å²) in [7, 11) is 0. The summed E-state index contributed by atoms with van der Waals surface area (Å²) in [6.07, 6.45) is 3.38. The van der Waals surface area contributed by atoms with Crippen LogP contribution in [0.5, 0.6) is 0 Å². The molecular weight excluding hydrogens is 204 g/mol. The fourth-order valence-electron chi connectivity index (χ4n) is 1.53. The predicted octanol–water partition coefficient (Wildman–Crippen LogP) is 2.74. The Hall–Kier alpha value is -0.410. The molecular formula is C12H22N2S. The van der Waals surface area contributed by atoms with E-state index in [0.717, 1.165) is 19.6 Å².